The average molecular weight is 381 g/mol. The van der Waals surface area contributed by atoms with Crippen LogP contribution in [0.3, 0.4) is 0 Å². The maximum atomic E-state index is 12.0. The molecule has 0 unspecified atom stereocenters. The van der Waals surface area contributed by atoms with Crippen LogP contribution in [-0.2, 0) is 23.8 Å². The molecule has 1 aromatic rings. The second-order valence-electron chi connectivity index (χ2n) is 4.78. The highest BCUT2D eigenvalue weighted by molar-refractivity contribution is 7.18. The maximum absolute atomic E-state index is 12.0. The Morgan fingerprint density at radius 1 is 1.08 bits per heavy atom. The number of esters is 3. The van der Waals surface area contributed by atoms with Crippen molar-refractivity contribution in [2.75, 3.05) is 26.1 Å². The predicted molar refractivity (Wildman–Crippen MR) is 95.3 cm³/mol. The predicted octanol–water partition coefficient (Wildman–Crippen LogP) is 2.24. The molecule has 8 nitrogen and oxygen atoms in total. The van der Waals surface area contributed by atoms with E-state index in [4.69, 9.17) is 4.74 Å². The lowest BCUT2D eigenvalue weighted by Crippen LogP contribution is -2.21. The van der Waals surface area contributed by atoms with Crippen molar-refractivity contribution >= 4 is 40.2 Å². The molecule has 140 valence electrons. The van der Waals surface area contributed by atoms with Crippen LogP contribution in [0.1, 0.15) is 32.5 Å². The van der Waals surface area contributed by atoms with Gasteiger partial charge in [-0.15, -0.1) is 11.3 Å². The number of amides is 1. The molecule has 1 heterocycles. The molecule has 0 fully saturated rings. The lowest BCUT2D eigenvalue weighted by Gasteiger charge is -2.06. The minimum atomic E-state index is -0.713. The third kappa shape index (κ3) is 5.55. The number of rotatable bonds is 7. The van der Waals surface area contributed by atoms with Gasteiger partial charge in [0.1, 0.15) is 9.88 Å². The van der Waals surface area contributed by atoms with E-state index in [0.717, 1.165) is 17.4 Å². The van der Waals surface area contributed by atoms with Crippen LogP contribution in [-0.4, -0.2) is 44.6 Å². The van der Waals surface area contributed by atoms with E-state index in [1.54, 1.807) is 19.1 Å². The standard InChI is InChI=1S/C17H19NO7S/c1-5-6-7-8-12(20)25-9-11(19)18-15-13(16(21)23-3)10(2)14(26-15)17(22)24-4/h5-8H,9H2,1-4H3,(H,18,19). The first-order valence-corrected chi connectivity index (χ1v) is 8.23. The summed E-state index contributed by atoms with van der Waals surface area (Å²) in [4.78, 5) is 47.3. The minimum Gasteiger partial charge on any atom is -0.465 e. The summed E-state index contributed by atoms with van der Waals surface area (Å²) in [7, 11) is 2.39. The monoisotopic (exact) mass is 381 g/mol. The fourth-order valence-corrected chi connectivity index (χ4v) is 2.96. The first-order chi connectivity index (χ1) is 12.3. The van der Waals surface area contributed by atoms with Crippen LogP contribution in [0.25, 0.3) is 0 Å². The highest BCUT2D eigenvalue weighted by Crippen LogP contribution is 2.34. The smallest absolute Gasteiger partial charge is 0.348 e. The fourth-order valence-electron chi connectivity index (χ4n) is 1.83. The largest absolute Gasteiger partial charge is 0.465 e. The molecular formula is C17H19NO7S. The lowest BCUT2D eigenvalue weighted by atomic mass is 10.1. The zero-order valence-corrected chi connectivity index (χ0v) is 15.6. The molecule has 0 aliphatic heterocycles. The first-order valence-electron chi connectivity index (χ1n) is 7.41. The number of anilines is 1. The van der Waals surface area contributed by atoms with E-state index in [9.17, 15) is 19.2 Å². The molecule has 1 N–H and O–H groups in total. The Morgan fingerprint density at radius 3 is 2.31 bits per heavy atom. The topological polar surface area (TPSA) is 108 Å². The summed E-state index contributed by atoms with van der Waals surface area (Å²) in [5, 5.41) is 2.56. The molecular weight excluding hydrogens is 362 g/mol. The Morgan fingerprint density at radius 2 is 1.73 bits per heavy atom. The number of hydrogen-bond donors (Lipinski definition) is 1. The number of methoxy groups -OCH3 is 2. The van der Waals surface area contributed by atoms with Gasteiger partial charge in [-0.3, -0.25) is 4.79 Å². The van der Waals surface area contributed by atoms with Crippen molar-refractivity contribution in [3.05, 3.63) is 40.3 Å². The summed E-state index contributed by atoms with van der Waals surface area (Å²) in [6.45, 7) is 2.77. The zero-order chi connectivity index (χ0) is 19.7. The van der Waals surface area contributed by atoms with E-state index >= 15 is 0 Å². The second kappa shape index (κ2) is 10.1. The number of carbonyl (C=O) groups excluding carboxylic acids is 4. The molecule has 0 aliphatic rings. The number of allylic oxidation sites excluding steroid dienone is 3. The quantitative estimate of drug-likeness (QED) is 0.334. The van der Waals surface area contributed by atoms with Gasteiger partial charge in [0.2, 0.25) is 0 Å². The summed E-state index contributed by atoms with van der Waals surface area (Å²) >= 11 is 0.871. The molecule has 0 saturated carbocycles. The molecule has 0 atom stereocenters. The van der Waals surface area contributed by atoms with Gasteiger partial charge < -0.3 is 19.5 Å². The molecule has 0 spiro atoms. The third-order valence-corrected chi connectivity index (χ3v) is 4.23. The average Bonchev–Trinajstić information content (AvgIpc) is 2.94. The van der Waals surface area contributed by atoms with Crippen molar-refractivity contribution in [2.45, 2.75) is 13.8 Å². The van der Waals surface area contributed by atoms with Crippen LogP contribution >= 0.6 is 11.3 Å². The van der Waals surface area contributed by atoms with E-state index in [2.05, 4.69) is 14.8 Å². The van der Waals surface area contributed by atoms with Crippen molar-refractivity contribution in [2.24, 2.45) is 0 Å². The number of carbonyl (C=O) groups is 4. The normalized spacial score (nSPS) is 10.8. The Labute approximate surface area is 154 Å². The Kier molecular flexibility index (Phi) is 8.23. The van der Waals surface area contributed by atoms with Crippen LogP contribution < -0.4 is 5.32 Å². The van der Waals surface area contributed by atoms with Crippen molar-refractivity contribution in [1.29, 1.82) is 0 Å². The summed E-state index contributed by atoms with van der Waals surface area (Å²) < 4.78 is 14.1. The Bertz CT molecular complexity index is 761. The highest BCUT2D eigenvalue weighted by Gasteiger charge is 2.26. The van der Waals surface area contributed by atoms with Gasteiger partial charge in [-0.05, 0) is 19.4 Å². The van der Waals surface area contributed by atoms with E-state index in [-0.39, 0.29) is 15.4 Å². The van der Waals surface area contributed by atoms with Crippen LogP contribution in [0, 0.1) is 6.92 Å². The summed E-state index contributed by atoms with van der Waals surface area (Å²) in [6, 6.07) is 0. The number of ether oxygens (including phenoxy) is 3. The maximum Gasteiger partial charge on any atom is 0.348 e. The Hall–Kier alpha value is -2.94. The van der Waals surface area contributed by atoms with E-state index in [0.29, 0.717) is 5.56 Å². The van der Waals surface area contributed by atoms with Crippen molar-refractivity contribution < 1.29 is 33.4 Å². The molecule has 9 heteroatoms. The summed E-state index contributed by atoms with van der Waals surface area (Å²) in [5.74, 6) is -2.71. The molecule has 0 aliphatic carbocycles. The number of hydrogen-bond acceptors (Lipinski definition) is 8. The van der Waals surface area contributed by atoms with Gasteiger partial charge in [0.05, 0.1) is 19.8 Å². The second-order valence-corrected chi connectivity index (χ2v) is 5.80. The zero-order valence-electron chi connectivity index (χ0n) is 14.8. The molecule has 1 amide bonds. The summed E-state index contributed by atoms with van der Waals surface area (Å²) in [6.07, 6.45) is 5.99. The van der Waals surface area contributed by atoms with Crippen LogP contribution in [0.5, 0.6) is 0 Å². The van der Waals surface area contributed by atoms with Crippen molar-refractivity contribution in [3.8, 4) is 0 Å². The van der Waals surface area contributed by atoms with Gasteiger partial charge >= 0.3 is 17.9 Å². The fraction of sp³-hybridized carbons (Fsp3) is 0.294. The van der Waals surface area contributed by atoms with E-state index < -0.39 is 30.4 Å². The molecule has 1 aromatic heterocycles. The third-order valence-electron chi connectivity index (χ3n) is 3.04. The van der Waals surface area contributed by atoms with Gasteiger partial charge in [0, 0.05) is 6.08 Å². The van der Waals surface area contributed by atoms with Crippen molar-refractivity contribution in [3.63, 3.8) is 0 Å². The molecule has 0 saturated heterocycles. The van der Waals surface area contributed by atoms with Gasteiger partial charge in [-0.2, -0.15) is 0 Å². The minimum absolute atomic E-state index is 0.0468. The van der Waals surface area contributed by atoms with Crippen LogP contribution in [0.15, 0.2) is 24.3 Å². The van der Waals surface area contributed by atoms with Gasteiger partial charge in [-0.25, -0.2) is 14.4 Å². The van der Waals surface area contributed by atoms with Crippen LogP contribution in [0.2, 0.25) is 0 Å². The number of thiophene rings is 1. The summed E-state index contributed by atoms with van der Waals surface area (Å²) in [5.41, 5.74) is 0.376. The Balaban J connectivity index is 2.91. The molecule has 1 rings (SSSR count). The van der Waals surface area contributed by atoms with E-state index in [1.807, 2.05) is 0 Å². The molecule has 0 radical (unpaired) electrons. The first kappa shape index (κ1) is 21.1. The molecule has 26 heavy (non-hydrogen) atoms. The molecule has 0 aromatic carbocycles. The number of nitrogens with one attached hydrogen (secondary N) is 1. The molecule has 0 bridgehead atoms. The SMILES string of the molecule is CC=CC=CC(=O)OCC(=O)Nc1sc(C(=O)OC)c(C)c1C(=O)OC. The van der Waals surface area contributed by atoms with Gasteiger partial charge in [-0.1, -0.05) is 18.2 Å². The lowest BCUT2D eigenvalue weighted by molar-refractivity contribution is -0.142. The van der Waals surface area contributed by atoms with Crippen LogP contribution in [0.4, 0.5) is 5.00 Å². The van der Waals surface area contributed by atoms with Gasteiger partial charge in [0.25, 0.3) is 5.91 Å². The van der Waals surface area contributed by atoms with Gasteiger partial charge in [0.15, 0.2) is 6.61 Å². The highest BCUT2D eigenvalue weighted by atomic mass is 32.1. The van der Waals surface area contributed by atoms with Crippen molar-refractivity contribution in [1.82, 2.24) is 0 Å². The van der Waals surface area contributed by atoms with E-state index in [1.165, 1.54) is 27.2 Å².